The zero-order valence-corrected chi connectivity index (χ0v) is 11.1. The van der Waals surface area contributed by atoms with Crippen LogP contribution < -0.4 is 10.1 Å². The van der Waals surface area contributed by atoms with Crippen LogP contribution in [-0.2, 0) is 0 Å². The summed E-state index contributed by atoms with van der Waals surface area (Å²) in [6.45, 7) is 5.46. The molecule has 0 radical (unpaired) electrons. The van der Waals surface area contributed by atoms with E-state index in [4.69, 9.17) is 4.74 Å². The fraction of sp³-hybridized carbons (Fsp3) is 0.636. The normalized spacial score (nSPS) is 12.0. The van der Waals surface area contributed by atoms with Gasteiger partial charge in [0.2, 0.25) is 5.95 Å². The third-order valence-electron chi connectivity index (χ3n) is 2.44. The molecule has 0 saturated heterocycles. The lowest BCUT2D eigenvalue weighted by Gasteiger charge is -2.14. The third-order valence-corrected chi connectivity index (χ3v) is 2.44. The molecular formula is C11H18N4O3. The van der Waals surface area contributed by atoms with Gasteiger partial charge in [-0.1, -0.05) is 13.3 Å². The van der Waals surface area contributed by atoms with Crippen LogP contribution in [-0.4, -0.2) is 28.0 Å². The molecule has 0 aliphatic rings. The van der Waals surface area contributed by atoms with Crippen molar-refractivity contribution in [2.75, 3.05) is 12.4 Å². The minimum absolute atomic E-state index is 0.0257. The van der Waals surface area contributed by atoms with Crippen LogP contribution in [0, 0.1) is 17.0 Å². The molecule has 7 heteroatoms. The first-order valence-corrected chi connectivity index (χ1v) is 5.87. The van der Waals surface area contributed by atoms with Crippen molar-refractivity contribution in [3.63, 3.8) is 0 Å². The number of ether oxygens (including phenoxy) is 1. The molecule has 1 atom stereocenters. The van der Waals surface area contributed by atoms with E-state index in [2.05, 4.69) is 15.3 Å². The number of nitrogens with zero attached hydrogens (tertiary/aromatic N) is 3. The Morgan fingerprint density at radius 2 is 2.17 bits per heavy atom. The molecule has 0 fully saturated rings. The fourth-order valence-corrected chi connectivity index (χ4v) is 1.60. The molecule has 0 aliphatic heterocycles. The van der Waals surface area contributed by atoms with Gasteiger partial charge in [0.15, 0.2) is 0 Å². The van der Waals surface area contributed by atoms with E-state index >= 15 is 0 Å². The van der Waals surface area contributed by atoms with E-state index in [1.54, 1.807) is 14.0 Å². The van der Waals surface area contributed by atoms with Gasteiger partial charge in [0.05, 0.1) is 11.0 Å². The monoisotopic (exact) mass is 254 g/mol. The van der Waals surface area contributed by atoms with Crippen LogP contribution in [0.25, 0.3) is 0 Å². The van der Waals surface area contributed by atoms with Crippen molar-refractivity contribution in [2.45, 2.75) is 39.7 Å². The van der Waals surface area contributed by atoms with Crippen LogP contribution >= 0.6 is 0 Å². The first kappa shape index (κ1) is 14.1. The van der Waals surface area contributed by atoms with E-state index < -0.39 is 4.92 Å². The van der Waals surface area contributed by atoms with Gasteiger partial charge in [-0.05, 0) is 20.3 Å². The van der Waals surface area contributed by atoms with Crippen molar-refractivity contribution in [1.82, 2.24) is 9.97 Å². The molecule has 0 aliphatic carbocycles. The summed E-state index contributed by atoms with van der Waals surface area (Å²) in [5.74, 6) is 0.342. The van der Waals surface area contributed by atoms with E-state index in [1.807, 2.05) is 13.8 Å². The Labute approximate surface area is 106 Å². The summed E-state index contributed by atoms with van der Waals surface area (Å²) in [5.41, 5.74) is 0.120. The van der Waals surface area contributed by atoms with Crippen LogP contribution in [0.5, 0.6) is 5.88 Å². The van der Waals surface area contributed by atoms with Crippen molar-refractivity contribution in [1.29, 1.82) is 0 Å². The zero-order valence-electron chi connectivity index (χ0n) is 11.1. The maximum Gasteiger partial charge on any atom is 0.352 e. The number of nitrogens with one attached hydrogen (secondary N) is 1. The molecule has 1 rings (SSSR count). The highest BCUT2D eigenvalue weighted by atomic mass is 16.6. The fourth-order valence-electron chi connectivity index (χ4n) is 1.60. The molecule has 1 unspecified atom stereocenters. The van der Waals surface area contributed by atoms with Crippen molar-refractivity contribution < 1.29 is 9.66 Å². The molecule has 1 aromatic heterocycles. The zero-order chi connectivity index (χ0) is 13.7. The minimum Gasteiger partial charge on any atom is -0.470 e. The Hall–Kier alpha value is -1.92. The maximum absolute atomic E-state index is 11.0. The summed E-state index contributed by atoms with van der Waals surface area (Å²) in [7, 11) is 1.65. The second-order valence-corrected chi connectivity index (χ2v) is 4.01. The second kappa shape index (κ2) is 6.13. The van der Waals surface area contributed by atoms with E-state index in [0.29, 0.717) is 5.95 Å². The summed E-state index contributed by atoms with van der Waals surface area (Å²) < 4.78 is 5.54. The Balaban J connectivity index is 3.13. The SMILES string of the molecule is CCCC(C)Oc1nc(NC)nc(C)c1[N+](=O)[O-]. The summed E-state index contributed by atoms with van der Waals surface area (Å²) in [6.07, 6.45) is 1.64. The number of hydrogen-bond acceptors (Lipinski definition) is 6. The lowest BCUT2D eigenvalue weighted by molar-refractivity contribution is -0.387. The van der Waals surface area contributed by atoms with Gasteiger partial charge in [0.1, 0.15) is 5.69 Å². The van der Waals surface area contributed by atoms with Gasteiger partial charge in [-0.15, -0.1) is 0 Å². The first-order chi connectivity index (χ1) is 8.49. The van der Waals surface area contributed by atoms with Crippen molar-refractivity contribution in [2.24, 2.45) is 0 Å². The van der Waals surface area contributed by atoms with E-state index in [-0.39, 0.29) is 23.4 Å². The predicted octanol–water partition coefficient (Wildman–Crippen LogP) is 2.30. The molecule has 1 aromatic rings. The third kappa shape index (κ3) is 3.28. The molecule has 1 N–H and O–H groups in total. The molecule has 0 spiro atoms. The van der Waals surface area contributed by atoms with Crippen LogP contribution in [0.4, 0.5) is 11.6 Å². The molecule has 0 bridgehead atoms. The van der Waals surface area contributed by atoms with Gasteiger partial charge in [-0.3, -0.25) is 10.1 Å². The van der Waals surface area contributed by atoms with Crippen molar-refractivity contribution >= 4 is 11.6 Å². The van der Waals surface area contributed by atoms with Crippen LogP contribution in [0.3, 0.4) is 0 Å². The highest BCUT2D eigenvalue weighted by Crippen LogP contribution is 2.29. The molecule has 18 heavy (non-hydrogen) atoms. The van der Waals surface area contributed by atoms with Gasteiger partial charge in [0, 0.05) is 7.05 Å². The van der Waals surface area contributed by atoms with Gasteiger partial charge in [-0.25, -0.2) is 4.98 Å². The number of hydrogen-bond donors (Lipinski definition) is 1. The van der Waals surface area contributed by atoms with Crippen LogP contribution in [0.2, 0.25) is 0 Å². The lowest BCUT2D eigenvalue weighted by Crippen LogP contribution is -2.15. The topological polar surface area (TPSA) is 90.2 Å². The largest absolute Gasteiger partial charge is 0.470 e. The smallest absolute Gasteiger partial charge is 0.352 e. The van der Waals surface area contributed by atoms with E-state index in [0.717, 1.165) is 12.8 Å². The number of aryl methyl sites for hydroxylation is 1. The van der Waals surface area contributed by atoms with Crippen LogP contribution in [0.1, 0.15) is 32.4 Å². The lowest BCUT2D eigenvalue weighted by atomic mass is 10.2. The van der Waals surface area contributed by atoms with E-state index in [9.17, 15) is 10.1 Å². The molecule has 0 saturated carbocycles. The molecule has 7 nitrogen and oxygen atoms in total. The quantitative estimate of drug-likeness (QED) is 0.618. The van der Waals surface area contributed by atoms with Crippen molar-refractivity contribution in [3.8, 4) is 5.88 Å². The minimum atomic E-state index is -0.511. The average Bonchev–Trinajstić information content (AvgIpc) is 2.27. The maximum atomic E-state index is 11.0. The molecule has 1 heterocycles. The summed E-state index contributed by atoms with van der Waals surface area (Å²) in [5, 5.41) is 13.8. The molecule has 0 aromatic carbocycles. The van der Waals surface area contributed by atoms with Gasteiger partial charge < -0.3 is 10.1 Å². The Morgan fingerprint density at radius 1 is 1.50 bits per heavy atom. The predicted molar refractivity (Wildman–Crippen MR) is 68.0 cm³/mol. The molecular weight excluding hydrogens is 236 g/mol. The number of nitro groups is 1. The second-order valence-electron chi connectivity index (χ2n) is 4.01. The van der Waals surface area contributed by atoms with Gasteiger partial charge in [0.25, 0.3) is 5.88 Å². The summed E-state index contributed by atoms with van der Waals surface area (Å²) in [6, 6.07) is 0. The summed E-state index contributed by atoms with van der Waals surface area (Å²) >= 11 is 0. The molecule has 100 valence electrons. The van der Waals surface area contributed by atoms with E-state index in [1.165, 1.54) is 0 Å². The standard InChI is InChI=1S/C11H18N4O3/c1-5-6-7(2)18-10-9(15(16)17)8(3)13-11(12-4)14-10/h7H,5-6H2,1-4H3,(H,12,13,14). The Morgan fingerprint density at radius 3 is 2.67 bits per heavy atom. The number of anilines is 1. The Bertz CT molecular complexity index is 437. The highest BCUT2D eigenvalue weighted by molar-refractivity contribution is 5.48. The first-order valence-electron chi connectivity index (χ1n) is 5.87. The average molecular weight is 254 g/mol. The van der Waals surface area contributed by atoms with Crippen molar-refractivity contribution in [3.05, 3.63) is 15.8 Å². The summed E-state index contributed by atoms with van der Waals surface area (Å²) in [4.78, 5) is 18.5. The molecule has 0 amide bonds. The van der Waals surface area contributed by atoms with Gasteiger partial charge in [-0.2, -0.15) is 4.98 Å². The van der Waals surface area contributed by atoms with Gasteiger partial charge >= 0.3 is 5.69 Å². The number of aromatic nitrogens is 2. The van der Waals surface area contributed by atoms with Crippen LogP contribution in [0.15, 0.2) is 0 Å². The highest BCUT2D eigenvalue weighted by Gasteiger charge is 2.24. The number of rotatable bonds is 6. The Kier molecular flexibility index (Phi) is 4.82.